The van der Waals surface area contributed by atoms with Crippen LogP contribution in [0.3, 0.4) is 0 Å². The van der Waals surface area contributed by atoms with E-state index >= 15 is 0 Å². The molecule has 2 aromatic carbocycles. The Balaban J connectivity index is 1.65. The predicted octanol–water partition coefficient (Wildman–Crippen LogP) is 3.33. The lowest BCUT2D eigenvalue weighted by atomic mass is 10.1. The van der Waals surface area contributed by atoms with Gasteiger partial charge in [-0.25, -0.2) is 0 Å². The lowest BCUT2D eigenvalue weighted by molar-refractivity contribution is -0.384. The zero-order chi connectivity index (χ0) is 19.4. The molecule has 8 nitrogen and oxygen atoms in total. The summed E-state index contributed by atoms with van der Waals surface area (Å²) in [7, 11) is 0. The van der Waals surface area contributed by atoms with Crippen molar-refractivity contribution in [2.45, 2.75) is 26.4 Å². The first kappa shape index (κ1) is 18.5. The highest BCUT2D eigenvalue weighted by Gasteiger charge is 2.22. The topological polar surface area (TPSA) is 99.9 Å². The molecule has 0 saturated carbocycles. The first-order chi connectivity index (χ1) is 13.0. The molecular formula is C19H20N2O6. The van der Waals surface area contributed by atoms with Gasteiger partial charge in [0.1, 0.15) is 23.4 Å². The Kier molecular flexibility index (Phi) is 5.44. The van der Waals surface area contributed by atoms with Crippen molar-refractivity contribution in [3.05, 3.63) is 52.1 Å². The number of anilines is 1. The molecule has 1 aliphatic heterocycles. The van der Waals surface area contributed by atoms with Crippen LogP contribution < -0.4 is 19.5 Å². The molecule has 0 aromatic heterocycles. The van der Waals surface area contributed by atoms with Gasteiger partial charge >= 0.3 is 0 Å². The van der Waals surface area contributed by atoms with Crippen LogP contribution in [0.2, 0.25) is 0 Å². The second-order valence-corrected chi connectivity index (χ2v) is 6.11. The number of ether oxygens (including phenoxy) is 3. The van der Waals surface area contributed by atoms with E-state index in [0.29, 0.717) is 23.8 Å². The van der Waals surface area contributed by atoms with Gasteiger partial charge in [-0.2, -0.15) is 0 Å². The smallest absolute Gasteiger partial charge is 0.269 e. The minimum Gasteiger partial charge on any atom is -0.492 e. The van der Waals surface area contributed by atoms with E-state index in [2.05, 4.69) is 5.32 Å². The molecule has 0 bridgehead atoms. The van der Waals surface area contributed by atoms with E-state index in [9.17, 15) is 14.9 Å². The van der Waals surface area contributed by atoms with Crippen LogP contribution in [0.4, 0.5) is 11.4 Å². The number of rotatable bonds is 7. The molecule has 1 atom stereocenters. The predicted molar refractivity (Wildman–Crippen MR) is 98.6 cm³/mol. The molecule has 3 rings (SSSR count). The summed E-state index contributed by atoms with van der Waals surface area (Å²) in [5.74, 6) is 1.31. The molecule has 0 aliphatic carbocycles. The maximum atomic E-state index is 12.2. The fourth-order valence-corrected chi connectivity index (χ4v) is 2.81. The average Bonchev–Trinajstić information content (AvgIpc) is 2.99. The first-order valence-corrected chi connectivity index (χ1v) is 8.59. The maximum absolute atomic E-state index is 12.2. The summed E-state index contributed by atoms with van der Waals surface area (Å²) >= 11 is 0. The van der Waals surface area contributed by atoms with Crippen LogP contribution in [-0.2, 0) is 11.2 Å². The maximum Gasteiger partial charge on any atom is 0.269 e. The Bertz CT molecular complexity index is 850. The van der Waals surface area contributed by atoms with Gasteiger partial charge in [-0.15, -0.1) is 0 Å². The van der Waals surface area contributed by atoms with E-state index < -0.39 is 4.92 Å². The third kappa shape index (κ3) is 4.46. The van der Waals surface area contributed by atoms with Crippen molar-refractivity contribution in [1.29, 1.82) is 0 Å². The minimum absolute atomic E-state index is 0.0412. The van der Waals surface area contributed by atoms with Crippen molar-refractivity contribution in [3.63, 3.8) is 0 Å². The summed E-state index contributed by atoms with van der Waals surface area (Å²) in [6.45, 7) is 4.08. The quantitative estimate of drug-likeness (QED) is 0.591. The van der Waals surface area contributed by atoms with Crippen LogP contribution in [0.25, 0.3) is 0 Å². The molecular weight excluding hydrogens is 352 g/mol. The molecule has 1 heterocycles. The van der Waals surface area contributed by atoms with Crippen molar-refractivity contribution < 1.29 is 23.9 Å². The lowest BCUT2D eigenvalue weighted by Gasteiger charge is -2.14. The lowest BCUT2D eigenvalue weighted by Crippen LogP contribution is -2.20. The van der Waals surface area contributed by atoms with E-state index in [1.54, 1.807) is 6.07 Å². The number of non-ortho nitro benzene ring substituents is 1. The van der Waals surface area contributed by atoms with Gasteiger partial charge in [0.2, 0.25) is 0 Å². The van der Waals surface area contributed by atoms with Crippen molar-refractivity contribution in [3.8, 4) is 17.2 Å². The fraction of sp³-hybridized carbons (Fsp3) is 0.316. The first-order valence-electron chi connectivity index (χ1n) is 8.59. The van der Waals surface area contributed by atoms with Crippen LogP contribution in [0.15, 0.2) is 36.4 Å². The number of fused-ring (bicyclic) bond motifs is 1. The van der Waals surface area contributed by atoms with Gasteiger partial charge in [0.25, 0.3) is 11.6 Å². The SMILES string of the molecule is CCOc1cc2c(cc1NC(=O)COc1ccc([N+](=O)[O-])cc1)OC(C)C2. The van der Waals surface area contributed by atoms with Gasteiger partial charge in [-0.3, -0.25) is 14.9 Å². The molecule has 27 heavy (non-hydrogen) atoms. The molecule has 1 unspecified atom stereocenters. The molecule has 1 amide bonds. The van der Waals surface area contributed by atoms with Crippen molar-refractivity contribution >= 4 is 17.3 Å². The molecule has 1 N–H and O–H groups in total. The summed E-state index contributed by atoms with van der Waals surface area (Å²) in [5.41, 5.74) is 1.52. The fourth-order valence-electron chi connectivity index (χ4n) is 2.81. The zero-order valence-electron chi connectivity index (χ0n) is 15.1. The molecule has 142 valence electrons. The number of nitro benzene ring substituents is 1. The van der Waals surface area contributed by atoms with Crippen LogP contribution in [0.1, 0.15) is 19.4 Å². The summed E-state index contributed by atoms with van der Waals surface area (Å²) in [6.07, 6.45) is 0.887. The van der Waals surface area contributed by atoms with E-state index in [4.69, 9.17) is 14.2 Å². The normalized spacial score (nSPS) is 14.8. The molecule has 0 radical (unpaired) electrons. The number of nitrogens with one attached hydrogen (secondary N) is 1. The van der Waals surface area contributed by atoms with Gasteiger partial charge in [-0.1, -0.05) is 0 Å². The number of carbonyl (C=O) groups is 1. The van der Waals surface area contributed by atoms with E-state index in [0.717, 1.165) is 17.7 Å². The van der Waals surface area contributed by atoms with Crippen LogP contribution in [0.5, 0.6) is 17.2 Å². The van der Waals surface area contributed by atoms with Gasteiger partial charge < -0.3 is 19.5 Å². The van der Waals surface area contributed by atoms with Crippen molar-refractivity contribution in [1.82, 2.24) is 0 Å². The largest absolute Gasteiger partial charge is 0.492 e. The number of hydrogen-bond acceptors (Lipinski definition) is 6. The zero-order valence-corrected chi connectivity index (χ0v) is 15.1. The highest BCUT2D eigenvalue weighted by Crippen LogP contribution is 2.38. The minimum atomic E-state index is -0.497. The summed E-state index contributed by atoms with van der Waals surface area (Å²) < 4.78 is 16.7. The Morgan fingerprint density at radius 1 is 1.30 bits per heavy atom. The van der Waals surface area contributed by atoms with Crippen LogP contribution in [-0.4, -0.2) is 30.1 Å². The molecule has 0 saturated heterocycles. The standard InChI is InChI=1S/C19H20N2O6/c1-3-25-18-9-13-8-12(2)27-17(13)10-16(18)20-19(22)11-26-15-6-4-14(5-7-15)21(23)24/h4-7,9-10,12H,3,8,11H2,1-2H3,(H,20,22). The number of nitro groups is 1. The number of carbonyl (C=O) groups excluding carboxylic acids is 1. The number of amides is 1. The second kappa shape index (κ2) is 7.94. The Morgan fingerprint density at radius 3 is 2.70 bits per heavy atom. The number of nitrogens with zero attached hydrogens (tertiary/aromatic N) is 1. The van der Waals surface area contributed by atoms with Gasteiger partial charge in [0, 0.05) is 30.2 Å². The van der Waals surface area contributed by atoms with Gasteiger partial charge in [0.15, 0.2) is 6.61 Å². The van der Waals surface area contributed by atoms with Gasteiger partial charge in [-0.05, 0) is 32.0 Å². The second-order valence-electron chi connectivity index (χ2n) is 6.11. The molecule has 0 fully saturated rings. The molecule has 8 heteroatoms. The third-order valence-corrected chi connectivity index (χ3v) is 3.99. The molecule has 2 aromatic rings. The highest BCUT2D eigenvalue weighted by molar-refractivity contribution is 5.93. The highest BCUT2D eigenvalue weighted by atomic mass is 16.6. The van der Waals surface area contributed by atoms with E-state index in [-0.39, 0.29) is 24.3 Å². The number of benzene rings is 2. The van der Waals surface area contributed by atoms with Crippen molar-refractivity contribution in [2.75, 3.05) is 18.5 Å². The Labute approximate surface area is 156 Å². The third-order valence-electron chi connectivity index (χ3n) is 3.99. The Morgan fingerprint density at radius 2 is 2.04 bits per heavy atom. The van der Waals surface area contributed by atoms with Crippen LogP contribution >= 0.6 is 0 Å². The summed E-state index contributed by atoms with van der Waals surface area (Å²) in [6, 6.07) is 9.17. The summed E-state index contributed by atoms with van der Waals surface area (Å²) in [5, 5.41) is 13.4. The number of hydrogen-bond donors (Lipinski definition) is 1. The van der Waals surface area contributed by atoms with Crippen LogP contribution in [0, 0.1) is 10.1 Å². The van der Waals surface area contributed by atoms with Crippen molar-refractivity contribution in [2.24, 2.45) is 0 Å². The van der Waals surface area contributed by atoms with E-state index in [1.807, 2.05) is 19.9 Å². The average molecular weight is 372 g/mol. The van der Waals surface area contributed by atoms with E-state index in [1.165, 1.54) is 24.3 Å². The van der Waals surface area contributed by atoms with Gasteiger partial charge in [0.05, 0.1) is 17.2 Å². The molecule has 0 spiro atoms. The Hall–Kier alpha value is -3.29. The molecule has 1 aliphatic rings. The monoisotopic (exact) mass is 372 g/mol. The summed E-state index contributed by atoms with van der Waals surface area (Å²) in [4.78, 5) is 22.4.